The second-order valence-electron chi connectivity index (χ2n) is 5.72. The highest BCUT2D eigenvalue weighted by Crippen LogP contribution is 2.26. The Hall–Kier alpha value is -2.30. The van der Waals surface area contributed by atoms with Crippen molar-refractivity contribution in [2.75, 3.05) is 13.2 Å². The summed E-state index contributed by atoms with van der Waals surface area (Å²) in [6, 6.07) is 8.09. The van der Waals surface area contributed by atoms with Gasteiger partial charge in [0.25, 0.3) is 5.91 Å². The Bertz CT molecular complexity index is 659. The molecule has 2 aromatic rings. The number of hydrogen-bond donors (Lipinski definition) is 1. The Morgan fingerprint density at radius 1 is 1.36 bits per heavy atom. The zero-order valence-electron chi connectivity index (χ0n) is 12.9. The summed E-state index contributed by atoms with van der Waals surface area (Å²) in [4.78, 5) is 12.3. The zero-order chi connectivity index (χ0) is 15.5. The quantitative estimate of drug-likeness (QED) is 0.946. The molecule has 0 radical (unpaired) electrons. The molecule has 0 saturated carbocycles. The molecule has 116 valence electrons. The number of fused-ring (bicyclic) bond motifs is 1. The van der Waals surface area contributed by atoms with Crippen molar-refractivity contribution in [1.29, 1.82) is 0 Å². The third kappa shape index (κ3) is 2.98. The summed E-state index contributed by atoms with van der Waals surface area (Å²) in [5, 5.41) is 6.82. The lowest BCUT2D eigenvalue weighted by molar-refractivity contribution is 0.0943. The van der Waals surface area contributed by atoms with E-state index in [0.29, 0.717) is 36.1 Å². The average molecular weight is 300 g/mol. The van der Waals surface area contributed by atoms with E-state index >= 15 is 0 Å². The largest absolute Gasteiger partial charge is 0.493 e. The van der Waals surface area contributed by atoms with Crippen molar-refractivity contribution in [1.82, 2.24) is 10.5 Å². The Balaban J connectivity index is 1.63. The predicted molar refractivity (Wildman–Crippen MR) is 82.1 cm³/mol. The van der Waals surface area contributed by atoms with Gasteiger partial charge in [0, 0.05) is 6.54 Å². The predicted octanol–water partition coefficient (Wildman–Crippen LogP) is 2.66. The van der Waals surface area contributed by atoms with Crippen LogP contribution in [0.1, 0.15) is 33.8 Å². The molecule has 3 rings (SSSR count). The van der Waals surface area contributed by atoms with E-state index in [1.54, 1.807) is 13.8 Å². The number of para-hydroxylation sites is 1. The average Bonchev–Trinajstić information content (AvgIpc) is 2.73. The summed E-state index contributed by atoms with van der Waals surface area (Å²) >= 11 is 0. The van der Waals surface area contributed by atoms with Crippen LogP contribution in [0, 0.1) is 19.8 Å². The van der Waals surface area contributed by atoms with Gasteiger partial charge in [-0.2, -0.15) is 0 Å². The molecule has 1 aliphatic rings. The number of aryl methyl sites for hydroxylation is 2. The van der Waals surface area contributed by atoms with Gasteiger partial charge in [0.05, 0.1) is 12.3 Å². The summed E-state index contributed by atoms with van der Waals surface area (Å²) in [7, 11) is 0. The number of nitrogens with zero attached hydrogens (tertiary/aromatic N) is 1. The summed E-state index contributed by atoms with van der Waals surface area (Å²) in [5.41, 5.74) is 2.38. The van der Waals surface area contributed by atoms with E-state index < -0.39 is 0 Å². The van der Waals surface area contributed by atoms with Gasteiger partial charge in [-0.3, -0.25) is 4.79 Å². The van der Waals surface area contributed by atoms with Crippen molar-refractivity contribution in [3.8, 4) is 5.75 Å². The van der Waals surface area contributed by atoms with Crippen LogP contribution in [0.15, 0.2) is 28.8 Å². The topological polar surface area (TPSA) is 64.4 Å². The number of benzene rings is 1. The molecule has 5 nitrogen and oxygen atoms in total. The number of carbonyl (C=O) groups is 1. The van der Waals surface area contributed by atoms with Gasteiger partial charge < -0.3 is 14.6 Å². The molecular formula is C17H20N2O3. The van der Waals surface area contributed by atoms with E-state index in [4.69, 9.17) is 9.26 Å². The van der Waals surface area contributed by atoms with Gasteiger partial charge in [-0.05, 0) is 44.2 Å². The van der Waals surface area contributed by atoms with Crippen LogP contribution in [0.3, 0.4) is 0 Å². The molecule has 0 bridgehead atoms. The fourth-order valence-electron chi connectivity index (χ4n) is 2.87. The molecule has 22 heavy (non-hydrogen) atoms. The first-order valence-corrected chi connectivity index (χ1v) is 7.57. The van der Waals surface area contributed by atoms with E-state index in [-0.39, 0.29) is 5.91 Å². The van der Waals surface area contributed by atoms with Crippen LogP contribution in [0.25, 0.3) is 0 Å². The number of rotatable bonds is 3. The third-order valence-electron chi connectivity index (χ3n) is 4.08. The third-order valence-corrected chi connectivity index (χ3v) is 4.08. The van der Waals surface area contributed by atoms with Gasteiger partial charge in [0.15, 0.2) is 0 Å². The summed E-state index contributed by atoms with van der Waals surface area (Å²) in [6.07, 6.45) is 1.84. The lowest BCUT2D eigenvalue weighted by atomic mass is 9.97. The van der Waals surface area contributed by atoms with Gasteiger partial charge in [0.1, 0.15) is 17.1 Å². The molecule has 1 aromatic carbocycles. The Labute approximate surface area is 129 Å². The number of aromatic nitrogens is 1. The molecule has 5 heteroatoms. The van der Waals surface area contributed by atoms with Crippen molar-refractivity contribution < 1.29 is 14.1 Å². The summed E-state index contributed by atoms with van der Waals surface area (Å²) < 4.78 is 10.8. The number of carbonyl (C=O) groups excluding carboxylic acids is 1. The molecule has 0 unspecified atom stereocenters. The molecule has 1 aliphatic heterocycles. The molecule has 0 saturated heterocycles. The maximum atomic E-state index is 12.3. The maximum Gasteiger partial charge on any atom is 0.256 e. The van der Waals surface area contributed by atoms with Crippen molar-refractivity contribution in [3.63, 3.8) is 0 Å². The van der Waals surface area contributed by atoms with Gasteiger partial charge in [0.2, 0.25) is 0 Å². The van der Waals surface area contributed by atoms with Crippen LogP contribution in [0.4, 0.5) is 0 Å². The monoisotopic (exact) mass is 300 g/mol. The zero-order valence-corrected chi connectivity index (χ0v) is 12.9. The standard InChI is InChI=1S/C17H20N2O3/c1-11-16(12(2)22-19-11)17(20)18-10-13-7-8-21-15-6-4-3-5-14(15)9-13/h3-6,13H,7-10H2,1-2H3,(H,18,20)/t13-/m1/s1. The minimum Gasteiger partial charge on any atom is -0.493 e. The van der Waals surface area contributed by atoms with Crippen LogP contribution in [0.2, 0.25) is 0 Å². The van der Waals surface area contributed by atoms with Crippen molar-refractivity contribution in [2.45, 2.75) is 26.7 Å². The SMILES string of the molecule is Cc1noc(C)c1C(=O)NC[C@@H]1CCOc2ccccc2C1. The van der Waals surface area contributed by atoms with E-state index in [1.165, 1.54) is 5.56 Å². The minimum absolute atomic E-state index is 0.116. The highest BCUT2D eigenvalue weighted by molar-refractivity contribution is 5.96. The van der Waals surface area contributed by atoms with Crippen LogP contribution in [0.5, 0.6) is 5.75 Å². The van der Waals surface area contributed by atoms with E-state index in [0.717, 1.165) is 18.6 Å². The number of amides is 1. The second kappa shape index (κ2) is 6.22. The van der Waals surface area contributed by atoms with E-state index in [1.807, 2.05) is 18.2 Å². The van der Waals surface area contributed by atoms with Crippen molar-refractivity contribution in [2.24, 2.45) is 5.92 Å². The van der Waals surface area contributed by atoms with Crippen molar-refractivity contribution in [3.05, 3.63) is 46.8 Å². The summed E-state index contributed by atoms with van der Waals surface area (Å²) in [6.45, 7) is 4.84. The molecule has 1 aromatic heterocycles. The lowest BCUT2D eigenvalue weighted by Crippen LogP contribution is -2.31. The smallest absolute Gasteiger partial charge is 0.256 e. The van der Waals surface area contributed by atoms with Crippen LogP contribution >= 0.6 is 0 Å². The molecule has 0 fully saturated rings. The number of nitrogens with one attached hydrogen (secondary N) is 1. The van der Waals surface area contributed by atoms with Gasteiger partial charge in [-0.15, -0.1) is 0 Å². The Morgan fingerprint density at radius 3 is 2.95 bits per heavy atom. The van der Waals surface area contributed by atoms with E-state index in [9.17, 15) is 4.79 Å². The molecule has 2 heterocycles. The van der Waals surface area contributed by atoms with E-state index in [2.05, 4.69) is 16.5 Å². The normalized spacial score (nSPS) is 17.3. The van der Waals surface area contributed by atoms with Crippen LogP contribution in [-0.2, 0) is 6.42 Å². The lowest BCUT2D eigenvalue weighted by Gasteiger charge is -2.14. The molecular weight excluding hydrogens is 280 g/mol. The highest BCUT2D eigenvalue weighted by atomic mass is 16.5. The highest BCUT2D eigenvalue weighted by Gasteiger charge is 2.21. The first-order chi connectivity index (χ1) is 10.6. The first kappa shape index (κ1) is 14.6. The molecule has 0 aliphatic carbocycles. The van der Waals surface area contributed by atoms with Crippen LogP contribution in [-0.4, -0.2) is 24.2 Å². The summed E-state index contributed by atoms with van der Waals surface area (Å²) in [5.74, 6) is 1.77. The van der Waals surface area contributed by atoms with Gasteiger partial charge in [-0.25, -0.2) is 0 Å². The molecule has 0 spiro atoms. The fraction of sp³-hybridized carbons (Fsp3) is 0.412. The molecule has 1 atom stereocenters. The van der Waals surface area contributed by atoms with Crippen molar-refractivity contribution >= 4 is 5.91 Å². The molecule has 1 amide bonds. The van der Waals surface area contributed by atoms with Gasteiger partial charge >= 0.3 is 0 Å². The fourth-order valence-corrected chi connectivity index (χ4v) is 2.87. The van der Waals surface area contributed by atoms with Crippen LogP contribution < -0.4 is 10.1 Å². The maximum absolute atomic E-state index is 12.3. The Kier molecular flexibility index (Phi) is 4.13. The van der Waals surface area contributed by atoms with Gasteiger partial charge in [-0.1, -0.05) is 23.4 Å². The number of ether oxygens (including phenoxy) is 1. The molecule has 1 N–H and O–H groups in total. The minimum atomic E-state index is -0.116. The number of hydrogen-bond acceptors (Lipinski definition) is 4. The first-order valence-electron chi connectivity index (χ1n) is 7.57. The Morgan fingerprint density at radius 2 is 2.18 bits per heavy atom. The second-order valence-corrected chi connectivity index (χ2v) is 5.72.